The van der Waals surface area contributed by atoms with Crippen LogP contribution in [0.15, 0.2) is 77.7 Å². The highest BCUT2D eigenvalue weighted by Crippen LogP contribution is 2.36. The quantitative estimate of drug-likeness (QED) is 0.144. The first-order valence-corrected chi connectivity index (χ1v) is 18.3. The lowest BCUT2D eigenvalue weighted by molar-refractivity contribution is -0.124. The van der Waals surface area contributed by atoms with Gasteiger partial charge in [0.15, 0.2) is 0 Å². The summed E-state index contributed by atoms with van der Waals surface area (Å²) in [6.07, 6.45) is 2.19. The maximum Gasteiger partial charge on any atom is 0.407 e. The molecule has 0 bridgehead atoms. The zero-order valence-electron chi connectivity index (χ0n) is 28.6. The summed E-state index contributed by atoms with van der Waals surface area (Å²) in [5, 5.41) is 25.5. The van der Waals surface area contributed by atoms with Gasteiger partial charge < -0.3 is 25.6 Å². The highest BCUT2D eigenvalue weighted by molar-refractivity contribution is 7.89. The number of nitrogens with zero attached hydrogens (tertiary/aromatic N) is 1. The summed E-state index contributed by atoms with van der Waals surface area (Å²) < 4.78 is 61.5. The lowest BCUT2D eigenvalue weighted by atomic mass is 9.84. The SMILES string of the molecule is COC(=O)N[C@H](C(=O)N[C@H](CCC[C@@H](CO)N(CC(C)C)S(=O)(=O)c1ccc(CO)cc1)C1CC1)C(c1ccc(F)cc1)c1ccc(F)cc1. The lowest BCUT2D eigenvalue weighted by Gasteiger charge is -2.32. The van der Waals surface area contributed by atoms with Crippen LogP contribution >= 0.6 is 0 Å². The molecule has 13 heteroatoms. The molecule has 0 radical (unpaired) electrons. The summed E-state index contributed by atoms with van der Waals surface area (Å²) in [7, 11) is -2.80. The summed E-state index contributed by atoms with van der Waals surface area (Å²) in [4.78, 5) is 26.7. The molecule has 3 atom stereocenters. The van der Waals surface area contributed by atoms with E-state index >= 15 is 0 Å². The molecule has 0 spiro atoms. The highest BCUT2D eigenvalue weighted by atomic mass is 32.2. The Kier molecular flexibility index (Phi) is 13.9. The molecule has 1 aliphatic carbocycles. The van der Waals surface area contributed by atoms with E-state index in [0.717, 1.165) is 12.8 Å². The van der Waals surface area contributed by atoms with Gasteiger partial charge >= 0.3 is 6.09 Å². The van der Waals surface area contributed by atoms with Gasteiger partial charge in [0, 0.05) is 24.5 Å². The van der Waals surface area contributed by atoms with Crippen molar-refractivity contribution in [2.24, 2.45) is 11.8 Å². The number of aliphatic hydroxyl groups is 2. The average molecular weight is 716 g/mol. The Labute approximate surface area is 292 Å². The molecular formula is C37H47F2N3O7S. The maximum absolute atomic E-state index is 14.1. The average Bonchev–Trinajstić information content (AvgIpc) is 3.95. The van der Waals surface area contributed by atoms with Crippen LogP contribution in [0.1, 0.15) is 68.6 Å². The first-order valence-electron chi connectivity index (χ1n) is 16.9. The van der Waals surface area contributed by atoms with E-state index in [4.69, 9.17) is 4.74 Å². The number of hydrogen-bond donors (Lipinski definition) is 4. The van der Waals surface area contributed by atoms with Crippen LogP contribution in [-0.2, 0) is 26.2 Å². The van der Waals surface area contributed by atoms with E-state index in [2.05, 4.69) is 10.6 Å². The Morgan fingerprint density at radius 1 is 0.880 bits per heavy atom. The van der Waals surface area contributed by atoms with E-state index in [9.17, 15) is 37.0 Å². The molecule has 0 aliphatic heterocycles. The van der Waals surface area contributed by atoms with Crippen molar-refractivity contribution in [2.45, 2.75) is 81.5 Å². The van der Waals surface area contributed by atoms with Crippen LogP contribution in [0.5, 0.6) is 0 Å². The molecule has 0 aromatic heterocycles. The number of aliphatic hydroxyl groups excluding tert-OH is 2. The number of sulfonamides is 1. The summed E-state index contributed by atoms with van der Waals surface area (Å²) in [6.45, 7) is 3.37. The van der Waals surface area contributed by atoms with Crippen molar-refractivity contribution >= 4 is 22.0 Å². The maximum atomic E-state index is 14.1. The van der Waals surface area contributed by atoms with Gasteiger partial charge in [0.1, 0.15) is 17.7 Å². The number of ether oxygens (including phenoxy) is 1. The standard InChI is InChI=1S/C37H47F2N3O7S/c1-24(2)21-42(50(47,48)32-19-7-25(22-43)8-20-32)31(23-44)5-4-6-33(26-9-10-26)40-36(45)35(41-37(46)49-3)34(27-11-15-29(38)16-12-27)28-13-17-30(39)18-14-28/h7-8,11-20,24,26,31,33-35,43-44H,4-6,9-10,21-23H2,1-3H3,(H,40,45)(H,41,46)/t31-,33+,35-/m0/s1. The fraction of sp³-hybridized carbons (Fsp3) is 0.459. The monoisotopic (exact) mass is 715 g/mol. The smallest absolute Gasteiger partial charge is 0.407 e. The van der Waals surface area contributed by atoms with Gasteiger partial charge in [0.25, 0.3) is 0 Å². The molecule has 3 aromatic rings. The Morgan fingerprint density at radius 2 is 1.44 bits per heavy atom. The number of hydrogen-bond acceptors (Lipinski definition) is 7. The second-order valence-electron chi connectivity index (χ2n) is 13.2. The van der Waals surface area contributed by atoms with Crippen molar-refractivity contribution in [1.82, 2.24) is 14.9 Å². The Hall–Kier alpha value is -3.91. The Balaban J connectivity index is 1.54. The number of rotatable bonds is 18. The van der Waals surface area contributed by atoms with E-state index in [-0.39, 0.29) is 35.9 Å². The van der Waals surface area contributed by atoms with Gasteiger partial charge in [0.05, 0.1) is 25.2 Å². The van der Waals surface area contributed by atoms with Crippen molar-refractivity contribution in [3.63, 3.8) is 0 Å². The third kappa shape index (κ3) is 10.3. The van der Waals surface area contributed by atoms with Gasteiger partial charge in [-0.05, 0) is 97.0 Å². The van der Waals surface area contributed by atoms with E-state index in [1.807, 2.05) is 13.8 Å². The number of carbonyl (C=O) groups excluding carboxylic acids is 2. The van der Waals surface area contributed by atoms with Crippen molar-refractivity contribution in [3.05, 3.63) is 101 Å². The summed E-state index contributed by atoms with van der Waals surface area (Å²) in [6, 6.07) is 14.8. The topological polar surface area (TPSA) is 145 Å². The molecule has 4 rings (SSSR count). The van der Waals surface area contributed by atoms with Gasteiger partial charge in [-0.2, -0.15) is 4.31 Å². The summed E-state index contributed by atoms with van der Waals surface area (Å²) >= 11 is 0. The van der Waals surface area contributed by atoms with Crippen molar-refractivity contribution < 1.29 is 41.7 Å². The number of methoxy groups -OCH3 is 1. The number of halogens is 2. The van der Waals surface area contributed by atoms with Crippen molar-refractivity contribution in [3.8, 4) is 0 Å². The Morgan fingerprint density at radius 3 is 1.90 bits per heavy atom. The van der Waals surface area contributed by atoms with Crippen LogP contribution in [0.4, 0.5) is 13.6 Å². The molecule has 50 heavy (non-hydrogen) atoms. The van der Waals surface area contributed by atoms with Crippen molar-refractivity contribution in [2.75, 3.05) is 20.3 Å². The Bertz CT molecular complexity index is 1610. The summed E-state index contributed by atoms with van der Waals surface area (Å²) in [5.74, 6) is -2.16. The van der Waals surface area contributed by atoms with Gasteiger partial charge in [-0.15, -0.1) is 0 Å². The second-order valence-corrected chi connectivity index (χ2v) is 15.1. The fourth-order valence-corrected chi connectivity index (χ4v) is 8.02. The number of amides is 2. The van der Waals surface area contributed by atoms with E-state index in [1.165, 1.54) is 72.1 Å². The molecule has 4 N–H and O–H groups in total. The molecule has 10 nitrogen and oxygen atoms in total. The number of nitrogens with one attached hydrogen (secondary N) is 2. The largest absolute Gasteiger partial charge is 0.453 e. The van der Waals surface area contributed by atoms with Gasteiger partial charge in [-0.1, -0.05) is 50.2 Å². The molecule has 1 saturated carbocycles. The second kappa shape index (κ2) is 17.8. The predicted octanol–water partition coefficient (Wildman–Crippen LogP) is 5.09. The molecular weight excluding hydrogens is 668 g/mol. The van der Waals surface area contributed by atoms with E-state index in [0.29, 0.717) is 36.0 Å². The zero-order chi connectivity index (χ0) is 36.4. The van der Waals surface area contributed by atoms with Crippen molar-refractivity contribution in [1.29, 1.82) is 0 Å². The van der Waals surface area contributed by atoms with Crippen LogP contribution in [0.25, 0.3) is 0 Å². The van der Waals surface area contributed by atoms with Crippen LogP contribution in [0.3, 0.4) is 0 Å². The molecule has 3 aromatic carbocycles. The summed E-state index contributed by atoms with van der Waals surface area (Å²) in [5.41, 5.74) is 1.61. The van der Waals surface area contributed by atoms with Crippen LogP contribution in [0, 0.1) is 23.5 Å². The minimum absolute atomic E-state index is 0.0246. The van der Waals surface area contributed by atoms with Gasteiger partial charge in [-0.3, -0.25) is 4.79 Å². The highest BCUT2D eigenvalue weighted by Gasteiger charge is 2.38. The van der Waals surface area contributed by atoms with Crippen LogP contribution in [-0.4, -0.2) is 73.3 Å². The number of carbonyl (C=O) groups is 2. The molecule has 272 valence electrons. The molecule has 2 amide bonds. The first kappa shape index (κ1) is 38.9. The molecule has 0 heterocycles. The predicted molar refractivity (Wildman–Crippen MR) is 184 cm³/mol. The van der Waals surface area contributed by atoms with Crippen LogP contribution < -0.4 is 10.6 Å². The zero-order valence-corrected chi connectivity index (χ0v) is 29.4. The van der Waals surface area contributed by atoms with E-state index < -0.39 is 58.3 Å². The van der Waals surface area contributed by atoms with Gasteiger partial charge in [0.2, 0.25) is 15.9 Å². The fourth-order valence-electron chi connectivity index (χ4n) is 6.21. The third-order valence-electron chi connectivity index (χ3n) is 8.98. The lowest BCUT2D eigenvalue weighted by Crippen LogP contribution is -2.53. The van der Waals surface area contributed by atoms with Crippen LogP contribution in [0.2, 0.25) is 0 Å². The normalized spacial score (nSPS) is 15.2. The number of alkyl carbamates (subject to hydrolysis) is 1. The van der Waals surface area contributed by atoms with E-state index in [1.54, 1.807) is 12.1 Å². The molecule has 1 fully saturated rings. The molecule has 0 unspecified atom stereocenters. The molecule has 0 saturated heterocycles. The minimum Gasteiger partial charge on any atom is -0.453 e. The first-order chi connectivity index (χ1) is 23.9. The number of benzene rings is 3. The van der Waals surface area contributed by atoms with Gasteiger partial charge in [-0.25, -0.2) is 22.0 Å². The molecule has 1 aliphatic rings. The minimum atomic E-state index is -3.98. The third-order valence-corrected chi connectivity index (χ3v) is 10.9.